The van der Waals surface area contributed by atoms with Crippen molar-refractivity contribution in [1.82, 2.24) is 5.32 Å². The Balaban J connectivity index is 2.05. The molecule has 2 aromatic rings. The summed E-state index contributed by atoms with van der Waals surface area (Å²) in [5.41, 5.74) is 8.86. The van der Waals surface area contributed by atoms with Gasteiger partial charge in [-0.05, 0) is 24.3 Å². The molecule has 1 aromatic carbocycles. The molecule has 19 heavy (non-hydrogen) atoms. The van der Waals surface area contributed by atoms with E-state index < -0.39 is 0 Å². The highest BCUT2D eigenvalue weighted by Gasteiger charge is 2.09. The lowest BCUT2D eigenvalue weighted by molar-refractivity contribution is 0.0951. The van der Waals surface area contributed by atoms with Crippen LogP contribution in [0.2, 0.25) is 0 Å². The molecule has 1 amide bonds. The van der Waals surface area contributed by atoms with Gasteiger partial charge in [0, 0.05) is 31.8 Å². The maximum atomic E-state index is 12.0. The maximum absolute atomic E-state index is 12.0. The van der Waals surface area contributed by atoms with Gasteiger partial charge in [-0.25, -0.2) is 0 Å². The summed E-state index contributed by atoms with van der Waals surface area (Å²) in [7, 11) is 3.81. The molecule has 0 aliphatic carbocycles. The van der Waals surface area contributed by atoms with Crippen LogP contribution in [0.25, 0.3) is 0 Å². The molecule has 100 valence electrons. The van der Waals surface area contributed by atoms with E-state index in [9.17, 15) is 4.79 Å². The fourth-order valence-corrected chi connectivity index (χ4v) is 1.78. The van der Waals surface area contributed by atoms with Crippen LogP contribution in [0.1, 0.15) is 15.9 Å². The van der Waals surface area contributed by atoms with Crippen molar-refractivity contribution in [2.24, 2.45) is 0 Å². The second-order valence-electron chi connectivity index (χ2n) is 4.48. The average molecular weight is 259 g/mol. The number of nitrogens with zero attached hydrogens (tertiary/aromatic N) is 1. The fourth-order valence-electron chi connectivity index (χ4n) is 1.78. The Bertz CT molecular complexity index is 562. The number of nitrogens with one attached hydrogen (secondary N) is 1. The van der Waals surface area contributed by atoms with Gasteiger partial charge in [0.25, 0.3) is 5.91 Å². The number of benzene rings is 1. The Morgan fingerprint density at radius 1 is 1.37 bits per heavy atom. The molecule has 1 heterocycles. The number of nitrogens with two attached hydrogens (primary N) is 1. The van der Waals surface area contributed by atoms with E-state index in [0.717, 1.165) is 11.3 Å². The molecule has 1 aromatic heterocycles. The zero-order valence-electron chi connectivity index (χ0n) is 11.0. The maximum Gasteiger partial charge on any atom is 0.251 e. The average Bonchev–Trinajstić information content (AvgIpc) is 2.88. The lowest BCUT2D eigenvalue weighted by Gasteiger charge is -2.15. The van der Waals surface area contributed by atoms with Crippen LogP contribution in [-0.4, -0.2) is 20.0 Å². The molecule has 0 bridgehead atoms. The van der Waals surface area contributed by atoms with E-state index in [2.05, 4.69) is 5.32 Å². The van der Waals surface area contributed by atoms with Crippen LogP contribution in [0.5, 0.6) is 0 Å². The van der Waals surface area contributed by atoms with Crippen molar-refractivity contribution in [3.8, 4) is 0 Å². The quantitative estimate of drug-likeness (QED) is 0.822. The zero-order valence-corrected chi connectivity index (χ0v) is 11.0. The SMILES string of the molecule is CN(C)c1ccc(C(=O)NCc2ccoc2)cc1N. The smallest absolute Gasteiger partial charge is 0.251 e. The van der Waals surface area contributed by atoms with Gasteiger partial charge in [-0.1, -0.05) is 0 Å². The second kappa shape index (κ2) is 5.48. The van der Waals surface area contributed by atoms with Crippen molar-refractivity contribution in [2.75, 3.05) is 24.7 Å². The zero-order chi connectivity index (χ0) is 13.8. The molecule has 0 unspecified atom stereocenters. The number of anilines is 2. The van der Waals surface area contributed by atoms with Crippen LogP contribution in [-0.2, 0) is 6.54 Å². The van der Waals surface area contributed by atoms with Gasteiger partial charge < -0.3 is 20.4 Å². The third kappa shape index (κ3) is 3.07. The third-order valence-electron chi connectivity index (χ3n) is 2.80. The summed E-state index contributed by atoms with van der Waals surface area (Å²) in [6.45, 7) is 0.435. The number of nitrogen functional groups attached to an aromatic ring is 1. The summed E-state index contributed by atoms with van der Waals surface area (Å²) >= 11 is 0. The first-order valence-electron chi connectivity index (χ1n) is 5.94. The summed E-state index contributed by atoms with van der Waals surface area (Å²) in [4.78, 5) is 13.9. The van der Waals surface area contributed by atoms with Crippen molar-refractivity contribution >= 4 is 17.3 Å². The van der Waals surface area contributed by atoms with Gasteiger partial charge in [-0.15, -0.1) is 0 Å². The van der Waals surface area contributed by atoms with E-state index in [1.807, 2.05) is 31.1 Å². The van der Waals surface area contributed by atoms with Crippen LogP contribution < -0.4 is 16.0 Å². The van der Waals surface area contributed by atoms with Crippen molar-refractivity contribution in [1.29, 1.82) is 0 Å². The molecule has 0 aliphatic rings. The molecule has 2 rings (SSSR count). The van der Waals surface area contributed by atoms with Crippen molar-refractivity contribution in [3.63, 3.8) is 0 Å². The van der Waals surface area contributed by atoms with Gasteiger partial charge in [0.05, 0.1) is 23.9 Å². The molecule has 0 radical (unpaired) electrons. The molecule has 3 N–H and O–H groups in total. The Kier molecular flexibility index (Phi) is 3.75. The molecule has 0 saturated carbocycles. The molecule has 0 spiro atoms. The van der Waals surface area contributed by atoms with Crippen LogP contribution in [0.4, 0.5) is 11.4 Å². The van der Waals surface area contributed by atoms with E-state index >= 15 is 0 Å². The van der Waals surface area contributed by atoms with Crippen LogP contribution >= 0.6 is 0 Å². The van der Waals surface area contributed by atoms with E-state index in [4.69, 9.17) is 10.2 Å². The number of carbonyl (C=O) groups is 1. The van der Waals surface area contributed by atoms with Crippen molar-refractivity contribution in [2.45, 2.75) is 6.54 Å². The van der Waals surface area contributed by atoms with Gasteiger partial charge in [-0.2, -0.15) is 0 Å². The van der Waals surface area contributed by atoms with E-state index in [1.54, 1.807) is 24.7 Å². The standard InChI is InChI=1S/C14H17N3O2/c1-17(2)13-4-3-11(7-12(13)15)14(18)16-8-10-5-6-19-9-10/h3-7,9H,8,15H2,1-2H3,(H,16,18). The molecule has 0 fully saturated rings. The summed E-state index contributed by atoms with van der Waals surface area (Å²) in [5.74, 6) is -0.154. The minimum absolute atomic E-state index is 0.154. The molecular weight excluding hydrogens is 242 g/mol. The third-order valence-corrected chi connectivity index (χ3v) is 2.80. The first-order valence-corrected chi connectivity index (χ1v) is 5.94. The van der Waals surface area contributed by atoms with Crippen molar-refractivity contribution < 1.29 is 9.21 Å². The number of amides is 1. The summed E-state index contributed by atoms with van der Waals surface area (Å²) in [6, 6.07) is 7.09. The Labute approximate surface area is 112 Å². The van der Waals surface area contributed by atoms with Crippen LogP contribution in [0, 0.1) is 0 Å². The minimum atomic E-state index is -0.154. The van der Waals surface area contributed by atoms with Crippen LogP contribution in [0.3, 0.4) is 0 Å². The lowest BCUT2D eigenvalue weighted by atomic mass is 10.1. The topological polar surface area (TPSA) is 71.5 Å². The van der Waals surface area contributed by atoms with E-state index in [1.165, 1.54) is 0 Å². The van der Waals surface area contributed by atoms with E-state index in [0.29, 0.717) is 17.8 Å². The highest BCUT2D eigenvalue weighted by atomic mass is 16.3. The van der Waals surface area contributed by atoms with Crippen LogP contribution in [0.15, 0.2) is 41.2 Å². The summed E-state index contributed by atoms with van der Waals surface area (Å²) in [6.07, 6.45) is 3.18. The number of hydrogen-bond acceptors (Lipinski definition) is 4. The molecule has 5 nitrogen and oxygen atoms in total. The number of rotatable bonds is 4. The molecule has 5 heteroatoms. The first-order chi connectivity index (χ1) is 9.08. The fraction of sp³-hybridized carbons (Fsp3) is 0.214. The Hall–Kier alpha value is -2.43. The first kappa shape index (κ1) is 13.0. The molecule has 0 saturated heterocycles. The summed E-state index contributed by atoms with van der Waals surface area (Å²) in [5, 5.41) is 2.81. The summed E-state index contributed by atoms with van der Waals surface area (Å²) < 4.78 is 4.94. The minimum Gasteiger partial charge on any atom is -0.472 e. The van der Waals surface area contributed by atoms with Crippen molar-refractivity contribution in [3.05, 3.63) is 47.9 Å². The molecule has 0 aliphatic heterocycles. The van der Waals surface area contributed by atoms with E-state index in [-0.39, 0.29) is 5.91 Å². The van der Waals surface area contributed by atoms with Gasteiger partial charge in [0.15, 0.2) is 0 Å². The molecule has 0 atom stereocenters. The lowest BCUT2D eigenvalue weighted by Crippen LogP contribution is -2.23. The Morgan fingerprint density at radius 3 is 2.74 bits per heavy atom. The van der Waals surface area contributed by atoms with Gasteiger partial charge in [0.1, 0.15) is 0 Å². The highest BCUT2D eigenvalue weighted by molar-refractivity contribution is 5.96. The predicted molar refractivity (Wildman–Crippen MR) is 75.1 cm³/mol. The monoisotopic (exact) mass is 259 g/mol. The van der Waals surface area contributed by atoms with Gasteiger partial charge in [0.2, 0.25) is 0 Å². The normalized spacial score (nSPS) is 10.2. The number of hydrogen-bond donors (Lipinski definition) is 2. The molecular formula is C14H17N3O2. The van der Waals surface area contributed by atoms with Gasteiger partial charge >= 0.3 is 0 Å². The second-order valence-corrected chi connectivity index (χ2v) is 4.48. The Morgan fingerprint density at radius 2 is 2.16 bits per heavy atom. The highest BCUT2D eigenvalue weighted by Crippen LogP contribution is 2.22. The largest absolute Gasteiger partial charge is 0.472 e. The number of carbonyl (C=O) groups excluding carboxylic acids is 1. The van der Waals surface area contributed by atoms with Gasteiger partial charge in [-0.3, -0.25) is 4.79 Å². The number of furan rings is 1. The predicted octanol–water partition coefficient (Wildman–Crippen LogP) is 1.86.